The van der Waals surface area contributed by atoms with Crippen LogP contribution in [0.2, 0.25) is 0 Å². The summed E-state index contributed by atoms with van der Waals surface area (Å²) in [5, 5.41) is 3.29. The van der Waals surface area contributed by atoms with Crippen LogP contribution in [-0.2, 0) is 11.3 Å². The summed E-state index contributed by atoms with van der Waals surface area (Å²) in [6.07, 6.45) is 4.45. The molecule has 0 unspecified atom stereocenters. The number of amides is 1. The van der Waals surface area contributed by atoms with Gasteiger partial charge in [0, 0.05) is 19.5 Å². The molecule has 0 saturated carbocycles. The van der Waals surface area contributed by atoms with Crippen LogP contribution in [0.4, 0.5) is 0 Å². The van der Waals surface area contributed by atoms with Gasteiger partial charge in [-0.2, -0.15) is 0 Å². The number of carbonyl (C=O) groups excluding carboxylic acids is 1. The van der Waals surface area contributed by atoms with E-state index in [1.807, 2.05) is 17.0 Å². The summed E-state index contributed by atoms with van der Waals surface area (Å²) in [6.45, 7) is 3.51. The van der Waals surface area contributed by atoms with Crippen molar-refractivity contribution < 1.29 is 9.21 Å². The first-order valence-corrected chi connectivity index (χ1v) is 5.87. The van der Waals surface area contributed by atoms with E-state index in [2.05, 4.69) is 5.32 Å². The van der Waals surface area contributed by atoms with E-state index in [1.54, 1.807) is 6.26 Å². The van der Waals surface area contributed by atoms with E-state index in [0.29, 0.717) is 5.91 Å². The normalized spacial score (nSPS) is 16.0. The minimum Gasteiger partial charge on any atom is -0.468 e. The summed E-state index contributed by atoms with van der Waals surface area (Å²) >= 11 is 0. The number of furan rings is 1. The van der Waals surface area contributed by atoms with Gasteiger partial charge in [0.25, 0.3) is 0 Å². The highest BCUT2D eigenvalue weighted by molar-refractivity contribution is 5.77. The van der Waals surface area contributed by atoms with Gasteiger partial charge in [0.2, 0.25) is 5.91 Å². The fraction of sp³-hybridized carbons (Fsp3) is 0.583. The molecule has 16 heavy (non-hydrogen) atoms. The Balaban J connectivity index is 1.53. The second-order valence-corrected chi connectivity index (χ2v) is 4.09. The first-order valence-electron chi connectivity index (χ1n) is 5.87. The average molecular weight is 222 g/mol. The van der Waals surface area contributed by atoms with Crippen LogP contribution in [0, 0.1) is 0 Å². The third kappa shape index (κ3) is 3.10. The monoisotopic (exact) mass is 222 g/mol. The first-order chi connectivity index (χ1) is 7.86. The van der Waals surface area contributed by atoms with Crippen LogP contribution >= 0.6 is 0 Å². The number of carbonyl (C=O) groups is 1. The smallest absolute Gasteiger partial charge is 0.222 e. The fourth-order valence-corrected chi connectivity index (χ4v) is 1.96. The van der Waals surface area contributed by atoms with Crippen molar-refractivity contribution in [1.29, 1.82) is 0 Å². The lowest BCUT2D eigenvalue weighted by atomic mass is 10.3. The topological polar surface area (TPSA) is 45.5 Å². The minimum absolute atomic E-state index is 0.311. The fourth-order valence-electron chi connectivity index (χ4n) is 1.96. The zero-order valence-electron chi connectivity index (χ0n) is 9.45. The van der Waals surface area contributed by atoms with E-state index in [9.17, 15) is 4.79 Å². The van der Waals surface area contributed by atoms with Crippen molar-refractivity contribution in [2.75, 3.05) is 19.6 Å². The van der Waals surface area contributed by atoms with Crippen molar-refractivity contribution in [3.63, 3.8) is 0 Å². The highest BCUT2D eigenvalue weighted by Crippen LogP contribution is 2.09. The lowest BCUT2D eigenvalue weighted by Gasteiger charge is -2.14. The van der Waals surface area contributed by atoms with E-state index >= 15 is 0 Å². The lowest BCUT2D eigenvalue weighted by molar-refractivity contribution is -0.127. The van der Waals surface area contributed by atoms with Crippen molar-refractivity contribution in [2.24, 2.45) is 0 Å². The van der Waals surface area contributed by atoms with Gasteiger partial charge in [-0.05, 0) is 31.5 Å². The van der Waals surface area contributed by atoms with Crippen LogP contribution < -0.4 is 5.32 Å². The van der Waals surface area contributed by atoms with Crippen molar-refractivity contribution in [2.45, 2.75) is 25.8 Å². The molecule has 2 rings (SSSR count). The molecule has 1 amide bonds. The van der Waals surface area contributed by atoms with E-state index in [4.69, 9.17) is 4.42 Å². The van der Waals surface area contributed by atoms with Crippen molar-refractivity contribution in [3.8, 4) is 0 Å². The maximum Gasteiger partial charge on any atom is 0.222 e. The Hall–Kier alpha value is -1.29. The molecule has 2 heterocycles. The van der Waals surface area contributed by atoms with Crippen LogP contribution in [0.25, 0.3) is 0 Å². The van der Waals surface area contributed by atoms with Gasteiger partial charge in [-0.15, -0.1) is 0 Å². The molecule has 0 atom stereocenters. The van der Waals surface area contributed by atoms with Crippen LogP contribution in [0.5, 0.6) is 0 Å². The number of nitrogens with one attached hydrogen (secondary N) is 1. The molecular formula is C12H18N2O2. The number of likely N-dealkylation sites (tertiary alicyclic amines) is 1. The molecule has 4 nitrogen and oxygen atoms in total. The average Bonchev–Trinajstić information content (AvgIpc) is 2.90. The van der Waals surface area contributed by atoms with Crippen LogP contribution in [0.15, 0.2) is 22.8 Å². The molecular weight excluding hydrogens is 204 g/mol. The number of rotatable bonds is 6. The van der Waals surface area contributed by atoms with Crippen molar-refractivity contribution in [3.05, 3.63) is 24.2 Å². The number of hydrogen-bond acceptors (Lipinski definition) is 3. The number of nitrogens with zero attached hydrogens (tertiary/aromatic N) is 1. The molecule has 0 aromatic carbocycles. The Morgan fingerprint density at radius 1 is 1.50 bits per heavy atom. The largest absolute Gasteiger partial charge is 0.468 e. The SMILES string of the molecule is O=C1CCCN1CCCNCc1ccco1. The second-order valence-electron chi connectivity index (χ2n) is 4.09. The minimum atomic E-state index is 0.311. The summed E-state index contributed by atoms with van der Waals surface area (Å²) in [5.41, 5.74) is 0. The summed E-state index contributed by atoms with van der Waals surface area (Å²) in [7, 11) is 0. The molecule has 0 spiro atoms. The predicted molar refractivity (Wildman–Crippen MR) is 60.8 cm³/mol. The van der Waals surface area contributed by atoms with Crippen molar-refractivity contribution in [1.82, 2.24) is 10.2 Å². The van der Waals surface area contributed by atoms with E-state index in [0.717, 1.165) is 51.2 Å². The molecule has 0 aliphatic carbocycles. The van der Waals surface area contributed by atoms with Gasteiger partial charge in [-0.1, -0.05) is 0 Å². The third-order valence-corrected chi connectivity index (χ3v) is 2.83. The van der Waals surface area contributed by atoms with Gasteiger partial charge in [0.15, 0.2) is 0 Å². The van der Waals surface area contributed by atoms with Gasteiger partial charge in [0.1, 0.15) is 5.76 Å². The molecule has 1 aliphatic rings. The molecule has 1 aromatic heterocycles. The summed E-state index contributed by atoms with van der Waals surface area (Å²) in [6, 6.07) is 3.84. The summed E-state index contributed by atoms with van der Waals surface area (Å²) in [5.74, 6) is 1.27. The zero-order chi connectivity index (χ0) is 11.2. The van der Waals surface area contributed by atoms with E-state index < -0.39 is 0 Å². The zero-order valence-corrected chi connectivity index (χ0v) is 9.45. The quantitative estimate of drug-likeness (QED) is 0.740. The van der Waals surface area contributed by atoms with Crippen LogP contribution in [0.1, 0.15) is 25.0 Å². The molecule has 0 bridgehead atoms. The Bertz CT molecular complexity index is 322. The van der Waals surface area contributed by atoms with Gasteiger partial charge >= 0.3 is 0 Å². The molecule has 1 aromatic rings. The standard InChI is InChI=1S/C12H18N2O2/c15-12-5-1-7-14(12)8-3-6-13-10-11-4-2-9-16-11/h2,4,9,13H,1,3,5-8,10H2. The summed E-state index contributed by atoms with van der Waals surface area (Å²) < 4.78 is 5.20. The van der Waals surface area contributed by atoms with Gasteiger partial charge in [-0.25, -0.2) is 0 Å². The Morgan fingerprint density at radius 3 is 3.12 bits per heavy atom. The number of hydrogen-bond donors (Lipinski definition) is 1. The Labute approximate surface area is 95.6 Å². The Kier molecular flexibility index (Phi) is 3.99. The first kappa shape index (κ1) is 11.2. The maximum absolute atomic E-state index is 11.3. The highest BCUT2D eigenvalue weighted by atomic mass is 16.3. The molecule has 1 saturated heterocycles. The molecule has 1 fully saturated rings. The lowest BCUT2D eigenvalue weighted by Crippen LogP contribution is -2.28. The summed E-state index contributed by atoms with van der Waals surface area (Å²) in [4.78, 5) is 13.3. The Morgan fingerprint density at radius 2 is 2.44 bits per heavy atom. The molecule has 88 valence electrons. The predicted octanol–water partition coefficient (Wildman–Crippen LogP) is 1.38. The van der Waals surface area contributed by atoms with Gasteiger partial charge < -0.3 is 14.6 Å². The van der Waals surface area contributed by atoms with Crippen LogP contribution in [0.3, 0.4) is 0 Å². The van der Waals surface area contributed by atoms with Gasteiger partial charge in [-0.3, -0.25) is 4.79 Å². The van der Waals surface area contributed by atoms with E-state index in [1.165, 1.54) is 0 Å². The van der Waals surface area contributed by atoms with Crippen molar-refractivity contribution >= 4 is 5.91 Å². The van der Waals surface area contributed by atoms with Crippen LogP contribution in [-0.4, -0.2) is 30.4 Å². The maximum atomic E-state index is 11.3. The highest BCUT2D eigenvalue weighted by Gasteiger charge is 2.18. The molecule has 1 N–H and O–H groups in total. The molecule has 4 heteroatoms. The van der Waals surface area contributed by atoms with E-state index in [-0.39, 0.29) is 0 Å². The molecule has 0 radical (unpaired) electrons. The van der Waals surface area contributed by atoms with Gasteiger partial charge in [0.05, 0.1) is 12.8 Å². The second kappa shape index (κ2) is 5.70. The molecule has 1 aliphatic heterocycles. The third-order valence-electron chi connectivity index (χ3n) is 2.83.